The Morgan fingerprint density at radius 3 is 2.38 bits per heavy atom. The average molecular weight is 284 g/mol. The van der Waals surface area contributed by atoms with Crippen molar-refractivity contribution in [3.63, 3.8) is 0 Å². The van der Waals surface area contributed by atoms with Gasteiger partial charge in [0.25, 0.3) is 0 Å². The minimum absolute atomic E-state index is 0.752. The Hall–Kier alpha value is -2.00. The molecule has 0 atom stereocenters. The third-order valence-corrected chi connectivity index (χ3v) is 3.46. The number of benzene rings is 2. The van der Waals surface area contributed by atoms with E-state index in [9.17, 15) is 0 Å². The number of nitrogens with zero attached hydrogens (tertiary/aromatic N) is 1. The standard InChI is InChI=1S/C18H24N2O/c1-2-20(15-16-9-11-17(19)12-10-16)13-6-14-21-18-7-4-3-5-8-18/h3-5,7-12H,2,6,13-15,19H2,1H3. The molecule has 0 aliphatic rings. The minimum Gasteiger partial charge on any atom is -0.494 e. The first-order valence-electron chi connectivity index (χ1n) is 7.52. The number of nitrogens with two attached hydrogens (primary N) is 1. The Morgan fingerprint density at radius 1 is 1.00 bits per heavy atom. The molecule has 0 saturated heterocycles. The molecule has 0 aromatic heterocycles. The van der Waals surface area contributed by atoms with Gasteiger partial charge in [-0.05, 0) is 42.8 Å². The highest BCUT2D eigenvalue weighted by Crippen LogP contribution is 2.10. The maximum atomic E-state index is 5.72. The molecule has 3 heteroatoms. The van der Waals surface area contributed by atoms with E-state index >= 15 is 0 Å². The molecule has 0 heterocycles. The number of nitrogen functional groups attached to an aromatic ring is 1. The van der Waals surface area contributed by atoms with Crippen LogP contribution in [0.5, 0.6) is 5.75 Å². The Labute approximate surface area is 127 Å². The highest BCUT2D eigenvalue weighted by molar-refractivity contribution is 5.39. The molecule has 0 amide bonds. The van der Waals surface area contributed by atoms with Crippen LogP contribution in [0.2, 0.25) is 0 Å². The molecule has 0 bridgehead atoms. The lowest BCUT2D eigenvalue weighted by Crippen LogP contribution is -2.25. The third kappa shape index (κ3) is 5.48. The Balaban J connectivity index is 1.71. The maximum Gasteiger partial charge on any atom is 0.119 e. The molecule has 0 fully saturated rings. The molecule has 112 valence electrons. The van der Waals surface area contributed by atoms with E-state index in [2.05, 4.69) is 24.0 Å². The lowest BCUT2D eigenvalue weighted by molar-refractivity contribution is 0.236. The van der Waals surface area contributed by atoms with Crippen LogP contribution >= 0.6 is 0 Å². The second-order valence-electron chi connectivity index (χ2n) is 5.13. The summed E-state index contributed by atoms with van der Waals surface area (Å²) in [7, 11) is 0. The fourth-order valence-corrected chi connectivity index (χ4v) is 2.23. The number of anilines is 1. The zero-order valence-corrected chi connectivity index (χ0v) is 12.7. The van der Waals surface area contributed by atoms with Crippen LogP contribution in [-0.4, -0.2) is 24.6 Å². The molecule has 2 aromatic carbocycles. The van der Waals surface area contributed by atoms with Gasteiger partial charge < -0.3 is 10.5 Å². The number of hydrogen-bond donors (Lipinski definition) is 1. The van der Waals surface area contributed by atoms with E-state index in [1.54, 1.807) is 0 Å². The van der Waals surface area contributed by atoms with Gasteiger partial charge in [0.05, 0.1) is 6.61 Å². The summed E-state index contributed by atoms with van der Waals surface area (Å²) in [5.74, 6) is 0.944. The van der Waals surface area contributed by atoms with Gasteiger partial charge in [0.1, 0.15) is 5.75 Å². The molecule has 0 radical (unpaired) electrons. The molecule has 0 saturated carbocycles. The molecular weight excluding hydrogens is 260 g/mol. The van der Waals surface area contributed by atoms with E-state index in [0.717, 1.165) is 44.1 Å². The van der Waals surface area contributed by atoms with Gasteiger partial charge in [-0.2, -0.15) is 0 Å². The van der Waals surface area contributed by atoms with Crippen LogP contribution in [0, 0.1) is 0 Å². The summed E-state index contributed by atoms with van der Waals surface area (Å²) in [4.78, 5) is 2.42. The van der Waals surface area contributed by atoms with Crippen molar-refractivity contribution in [1.29, 1.82) is 0 Å². The fraction of sp³-hybridized carbons (Fsp3) is 0.333. The van der Waals surface area contributed by atoms with E-state index in [-0.39, 0.29) is 0 Å². The lowest BCUT2D eigenvalue weighted by Gasteiger charge is -2.20. The Morgan fingerprint density at radius 2 is 1.71 bits per heavy atom. The predicted molar refractivity (Wildman–Crippen MR) is 88.4 cm³/mol. The predicted octanol–water partition coefficient (Wildman–Crippen LogP) is 3.56. The zero-order valence-electron chi connectivity index (χ0n) is 12.7. The fourth-order valence-electron chi connectivity index (χ4n) is 2.23. The van der Waals surface area contributed by atoms with Crippen molar-refractivity contribution >= 4 is 5.69 Å². The topological polar surface area (TPSA) is 38.5 Å². The van der Waals surface area contributed by atoms with Gasteiger partial charge in [-0.3, -0.25) is 4.90 Å². The van der Waals surface area contributed by atoms with Gasteiger partial charge in [0, 0.05) is 18.8 Å². The number of ether oxygens (including phenoxy) is 1. The van der Waals surface area contributed by atoms with Gasteiger partial charge in [-0.15, -0.1) is 0 Å². The van der Waals surface area contributed by atoms with Crippen LogP contribution in [0.15, 0.2) is 54.6 Å². The van der Waals surface area contributed by atoms with Crippen molar-refractivity contribution in [2.45, 2.75) is 19.9 Å². The molecule has 2 N–H and O–H groups in total. The maximum absolute atomic E-state index is 5.72. The van der Waals surface area contributed by atoms with Crippen molar-refractivity contribution < 1.29 is 4.74 Å². The van der Waals surface area contributed by atoms with Crippen molar-refractivity contribution in [3.8, 4) is 5.75 Å². The van der Waals surface area contributed by atoms with E-state index in [4.69, 9.17) is 10.5 Å². The summed E-state index contributed by atoms with van der Waals surface area (Å²) in [6, 6.07) is 18.1. The first-order chi connectivity index (χ1) is 10.3. The van der Waals surface area contributed by atoms with Crippen molar-refractivity contribution in [2.24, 2.45) is 0 Å². The number of para-hydroxylation sites is 1. The summed E-state index contributed by atoms with van der Waals surface area (Å²) in [6.45, 7) is 5.98. The lowest BCUT2D eigenvalue weighted by atomic mass is 10.2. The molecule has 21 heavy (non-hydrogen) atoms. The quantitative estimate of drug-likeness (QED) is 0.595. The van der Waals surface area contributed by atoms with E-state index < -0.39 is 0 Å². The summed E-state index contributed by atoms with van der Waals surface area (Å²) in [6.07, 6.45) is 1.03. The van der Waals surface area contributed by atoms with Gasteiger partial charge in [-0.1, -0.05) is 37.3 Å². The van der Waals surface area contributed by atoms with Crippen molar-refractivity contribution in [2.75, 3.05) is 25.4 Å². The summed E-state index contributed by atoms with van der Waals surface area (Å²) in [5, 5.41) is 0. The first-order valence-corrected chi connectivity index (χ1v) is 7.52. The van der Waals surface area contributed by atoms with E-state index in [1.165, 1.54) is 5.56 Å². The van der Waals surface area contributed by atoms with E-state index in [1.807, 2.05) is 42.5 Å². The molecule has 2 aromatic rings. The second-order valence-corrected chi connectivity index (χ2v) is 5.13. The van der Waals surface area contributed by atoms with Crippen LogP contribution in [0.1, 0.15) is 18.9 Å². The van der Waals surface area contributed by atoms with Crippen molar-refractivity contribution in [3.05, 3.63) is 60.2 Å². The minimum atomic E-state index is 0.752. The Kier molecular flexibility index (Phi) is 6.10. The number of rotatable bonds is 8. The third-order valence-electron chi connectivity index (χ3n) is 3.46. The van der Waals surface area contributed by atoms with Crippen LogP contribution in [0.3, 0.4) is 0 Å². The summed E-state index contributed by atoms with van der Waals surface area (Å²) >= 11 is 0. The van der Waals surface area contributed by atoms with Crippen LogP contribution < -0.4 is 10.5 Å². The van der Waals surface area contributed by atoms with Crippen molar-refractivity contribution in [1.82, 2.24) is 4.90 Å². The zero-order chi connectivity index (χ0) is 14.9. The molecule has 0 aliphatic carbocycles. The molecule has 0 aliphatic heterocycles. The second kappa shape index (κ2) is 8.32. The van der Waals surface area contributed by atoms with Gasteiger partial charge in [-0.25, -0.2) is 0 Å². The molecule has 3 nitrogen and oxygen atoms in total. The highest BCUT2D eigenvalue weighted by atomic mass is 16.5. The van der Waals surface area contributed by atoms with Crippen LogP contribution in [0.4, 0.5) is 5.69 Å². The summed E-state index contributed by atoms with van der Waals surface area (Å²) < 4.78 is 5.72. The molecular formula is C18H24N2O. The largest absolute Gasteiger partial charge is 0.494 e. The van der Waals surface area contributed by atoms with Gasteiger partial charge >= 0.3 is 0 Å². The van der Waals surface area contributed by atoms with E-state index in [0.29, 0.717) is 0 Å². The average Bonchev–Trinajstić information content (AvgIpc) is 2.53. The number of hydrogen-bond acceptors (Lipinski definition) is 3. The van der Waals surface area contributed by atoms with Gasteiger partial charge in [0.2, 0.25) is 0 Å². The smallest absolute Gasteiger partial charge is 0.119 e. The highest BCUT2D eigenvalue weighted by Gasteiger charge is 2.04. The molecule has 2 rings (SSSR count). The van der Waals surface area contributed by atoms with Crippen LogP contribution in [0.25, 0.3) is 0 Å². The van der Waals surface area contributed by atoms with Gasteiger partial charge in [0.15, 0.2) is 0 Å². The normalized spacial score (nSPS) is 10.8. The summed E-state index contributed by atoms with van der Waals surface area (Å²) in [5.41, 5.74) is 7.83. The first kappa shape index (κ1) is 15.4. The monoisotopic (exact) mass is 284 g/mol. The molecule has 0 unspecified atom stereocenters. The Bertz CT molecular complexity index is 511. The van der Waals surface area contributed by atoms with Crippen LogP contribution in [-0.2, 0) is 6.54 Å². The SMILES string of the molecule is CCN(CCCOc1ccccc1)Cc1ccc(N)cc1. The molecule has 0 spiro atoms.